The number of ether oxygens (including phenoxy) is 1. The summed E-state index contributed by atoms with van der Waals surface area (Å²) < 4.78 is 6.33. The summed E-state index contributed by atoms with van der Waals surface area (Å²) in [5.41, 5.74) is 2.04. The lowest BCUT2D eigenvalue weighted by Gasteiger charge is -2.40. The number of hydrogen-bond acceptors (Lipinski definition) is 3. The fourth-order valence-electron chi connectivity index (χ4n) is 3.24. The van der Waals surface area contributed by atoms with Crippen molar-refractivity contribution in [3.63, 3.8) is 0 Å². The zero-order valence-electron chi connectivity index (χ0n) is 15.1. The average molecular weight is 415 g/mol. The van der Waals surface area contributed by atoms with Crippen molar-refractivity contribution in [1.29, 1.82) is 0 Å². The normalized spacial score (nSPS) is 18.3. The van der Waals surface area contributed by atoms with Crippen molar-refractivity contribution in [3.8, 4) is 5.75 Å². The summed E-state index contributed by atoms with van der Waals surface area (Å²) in [5, 5.41) is 0. The lowest BCUT2D eigenvalue weighted by molar-refractivity contribution is -0.130. The molecule has 1 amide bonds. The van der Waals surface area contributed by atoms with Gasteiger partial charge in [0, 0.05) is 35.7 Å². The van der Waals surface area contributed by atoms with Gasteiger partial charge in [-0.15, -0.1) is 0 Å². The summed E-state index contributed by atoms with van der Waals surface area (Å²) in [6, 6.07) is 16.0. The zero-order valence-corrected chi connectivity index (χ0v) is 16.6. The van der Waals surface area contributed by atoms with E-state index in [9.17, 15) is 4.79 Å². The number of piperazine rings is 1. The van der Waals surface area contributed by atoms with Gasteiger partial charge in [-0.1, -0.05) is 46.3 Å². The van der Waals surface area contributed by atoms with Crippen molar-refractivity contribution >= 4 is 27.9 Å². The van der Waals surface area contributed by atoms with Crippen molar-refractivity contribution in [2.24, 2.45) is 0 Å². The highest BCUT2D eigenvalue weighted by Gasteiger charge is 2.28. The number of carbonyl (C=O) groups is 1. The van der Waals surface area contributed by atoms with E-state index in [2.05, 4.69) is 40.0 Å². The number of benzene rings is 2. The van der Waals surface area contributed by atoms with Gasteiger partial charge in [0.15, 0.2) is 0 Å². The van der Waals surface area contributed by atoms with Crippen LogP contribution < -0.4 is 4.74 Å². The van der Waals surface area contributed by atoms with E-state index in [1.54, 1.807) is 13.2 Å². The highest BCUT2D eigenvalue weighted by Crippen LogP contribution is 2.27. The van der Waals surface area contributed by atoms with Crippen LogP contribution in [0.1, 0.15) is 17.2 Å². The van der Waals surface area contributed by atoms with Gasteiger partial charge in [-0.2, -0.15) is 0 Å². The molecule has 1 aliphatic rings. The van der Waals surface area contributed by atoms with Crippen molar-refractivity contribution in [1.82, 2.24) is 9.80 Å². The van der Waals surface area contributed by atoms with Crippen molar-refractivity contribution < 1.29 is 9.53 Å². The molecule has 1 atom stereocenters. The highest BCUT2D eigenvalue weighted by molar-refractivity contribution is 9.10. The largest absolute Gasteiger partial charge is 0.496 e. The zero-order chi connectivity index (χ0) is 18.5. The molecule has 0 spiro atoms. The van der Waals surface area contributed by atoms with Crippen LogP contribution in [0.3, 0.4) is 0 Å². The van der Waals surface area contributed by atoms with E-state index < -0.39 is 0 Å². The minimum absolute atomic E-state index is 0.0222. The summed E-state index contributed by atoms with van der Waals surface area (Å²) >= 11 is 3.47. The van der Waals surface area contributed by atoms with Crippen molar-refractivity contribution in [2.45, 2.75) is 6.04 Å². The van der Waals surface area contributed by atoms with Gasteiger partial charge in [0.05, 0.1) is 13.2 Å². The molecule has 1 heterocycles. The Morgan fingerprint density at radius 2 is 1.96 bits per heavy atom. The lowest BCUT2D eigenvalue weighted by atomic mass is 10.0. The lowest BCUT2D eigenvalue weighted by Crippen LogP contribution is -2.48. The highest BCUT2D eigenvalue weighted by atomic mass is 79.9. The van der Waals surface area contributed by atoms with Crippen LogP contribution in [0.2, 0.25) is 0 Å². The maximum absolute atomic E-state index is 12.9. The molecule has 0 aromatic heterocycles. The van der Waals surface area contributed by atoms with Gasteiger partial charge < -0.3 is 14.5 Å². The predicted molar refractivity (Wildman–Crippen MR) is 108 cm³/mol. The Hall–Kier alpha value is -2.11. The molecule has 1 saturated heterocycles. The molecule has 2 aromatic carbocycles. The van der Waals surface area contributed by atoms with Crippen LogP contribution in [0.4, 0.5) is 0 Å². The summed E-state index contributed by atoms with van der Waals surface area (Å²) in [6.07, 6.45) is 3.47. The standard InChI is InChI=1S/C21H23BrN2O2/c1-23-12-13-24(19(15-23)16-6-4-3-5-7-16)21(25)11-8-17-14-18(22)9-10-20(17)26-2/h3-11,14,19H,12-13,15H2,1-2H3/b11-8+/t19-/m0/s1. The minimum Gasteiger partial charge on any atom is -0.496 e. The van der Waals surface area contributed by atoms with E-state index in [1.807, 2.05) is 47.4 Å². The Morgan fingerprint density at radius 3 is 2.69 bits per heavy atom. The second-order valence-electron chi connectivity index (χ2n) is 6.44. The van der Waals surface area contributed by atoms with Crippen LogP contribution >= 0.6 is 15.9 Å². The number of hydrogen-bond donors (Lipinski definition) is 0. The van der Waals surface area contributed by atoms with E-state index in [1.165, 1.54) is 5.56 Å². The second kappa shape index (κ2) is 8.52. The Morgan fingerprint density at radius 1 is 1.19 bits per heavy atom. The monoisotopic (exact) mass is 414 g/mol. The number of carbonyl (C=O) groups excluding carboxylic acids is 1. The van der Waals surface area contributed by atoms with Gasteiger partial charge in [0.2, 0.25) is 5.91 Å². The molecule has 1 fully saturated rings. The quantitative estimate of drug-likeness (QED) is 0.709. The van der Waals surface area contributed by atoms with E-state index in [-0.39, 0.29) is 11.9 Å². The van der Waals surface area contributed by atoms with E-state index >= 15 is 0 Å². The van der Waals surface area contributed by atoms with E-state index in [4.69, 9.17) is 4.74 Å². The molecule has 0 radical (unpaired) electrons. The smallest absolute Gasteiger partial charge is 0.247 e. The molecule has 0 aliphatic carbocycles. The molecule has 1 aliphatic heterocycles. The van der Waals surface area contributed by atoms with Gasteiger partial charge >= 0.3 is 0 Å². The molecular formula is C21H23BrN2O2. The Labute approximate surface area is 163 Å². The number of amides is 1. The average Bonchev–Trinajstić information content (AvgIpc) is 2.67. The molecule has 0 unspecified atom stereocenters. The predicted octanol–water partition coefficient (Wildman–Crippen LogP) is 3.99. The summed E-state index contributed by atoms with van der Waals surface area (Å²) in [5.74, 6) is 0.768. The van der Waals surface area contributed by atoms with Crippen molar-refractivity contribution in [2.75, 3.05) is 33.8 Å². The van der Waals surface area contributed by atoms with Crippen LogP contribution in [-0.4, -0.2) is 49.5 Å². The Kier molecular flexibility index (Phi) is 6.12. The van der Waals surface area contributed by atoms with Crippen molar-refractivity contribution in [3.05, 3.63) is 70.2 Å². The Balaban J connectivity index is 1.82. The van der Waals surface area contributed by atoms with Gasteiger partial charge in [0.1, 0.15) is 5.75 Å². The van der Waals surface area contributed by atoms with Crippen LogP contribution in [0, 0.1) is 0 Å². The topological polar surface area (TPSA) is 32.8 Å². The van der Waals surface area contributed by atoms with Gasteiger partial charge in [0.25, 0.3) is 0 Å². The number of halogens is 1. The van der Waals surface area contributed by atoms with Gasteiger partial charge in [-0.3, -0.25) is 4.79 Å². The molecular weight excluding hydrogens is 392 g/mol. The molecule has 136 valence electrons. The van der Waals surface area contributed by atoms with Crippen LogP contribution in [0.15, 0.2) is 59.1 Å². The first-order valence-electron chi connectivity index (χ1n) is 8.64. The molecule has 26 heavy (non-hydrogen) atoms. The first-order chi connectivity index (χ1) is 12.6. The third-order valence-electron chi connectivity index (χ3n) is 4.65. The Bertz CT molecular complexity index is 792. The van der Waals surface area contributed by atoms with Crippen LogP contribution in [0.25, 0.3) is 6.08 Å². The molecule has 0 bridgehead atoms. The van der Waals surface area contributed by atoms with Gasteiger partial charge in [-0.25, -0.2) is 0 Å². The summed E-state index contributed by atoms with van der Waals surface area (Å²) in [7, 11) is 3.73. The first-order valence-corrected chi connectivity index (χ1v) is 9.43. The molecule has 5 heteroatoms. The number of rotatable bonds is 4. The first kappa shape index (κ1) is 18.7. The molecule has 2 aromatic rings. The molecule has 0 saturated carbocycles. The molecule has 0 N–H and O–H groups in total. The van der Waals surface area contributed by atoms with Crippen LogP contribution in [-0.2, 0) is 4.79 Å². The van der Waals surface area contributed by atoms with Gasteiger partial charge in [-0.05, 0) is 36.9 Å². The maximum Gasteiger partial charge on any atom is 0.247 e. The second-order valence-corrected chi connectivity index (χ2v) is 7.36. The van der Waals surface area contributed by atoms with E-state index in [0.717, 1.165) is 35.4 Å². The summed E-state index contributed by atoms with van der Waals surface area (Å²) in [4.78, 5) is 17.1. The minimum atomic E-state index is 0.0222. The SMILES string of the molecule is COc1ccc(Br)cc1/C=C/C(=O)N1CCN(C)C[C@H]1c1ccccc1. The molecule has 4 nitrogen and oxygen atoms in total. The third kappa shape index (κ3) is 4.34. The fraction of sp³-hybridized carbons (Fsp3) is 0.286. The van der Waals surface area contributed by atoms with E-state index in [0.29, 0.717) is 0 Å². The molecule has 3 rings (SSSR count). The number of likely N-dealkylation sites (N-methyl/N-ethyl adjacent to an activating group) is 1. The summed E-state index contributed by atoms with van der Waals surface area (Å²) in [6.45, 7) is 2.43. The number of nitrogens with zero attached hydrogens (tertiary/aromatic N) is 2. The maximum atomic E-state index is 12.9. The van der Waals surface area contributed by atoms with Crippen LogP contribution in [0.5, 0.6) is 5.75 Å². The number of methoxy groups -OCH3 is 1. The fourth-order valence-corrected chi connectivity index (χ4v) is 3.61. The third-order valence-corrected chi connectivity index (χ3v) is 5.14.